The Labute approximate surface area is 134 Å². The first-order valence-corrected chi connectivity index (χ1v) is 9.02. The highest BCUT2D eigenvalue weighted by Gasteiger charge is 2.35. The van der Waals surface area contributed by atoms with E-state index in [-0.39, 0.29) is 17.7 Å². The molecule has 2 fully saturated rings. The Morgan fingerprint density at radius 3 is 2.45 bits per heavy atom. The number of carbonyl (C=O) groups excluding carboxylic acids is 1. The lowest BCUT2D eigenvalue weighted by atomic mass is 9.80. The second-order valence-corrected chi connectivity index (χ2v) is 7.56. The fourth-order valence-corrected chi connectivity index (χ4v) is 4.13. The predicted molar refractivity (Wildman–Crippen MR) is 86.5 cm³/mol. The molecule has 1 amide bonds. The highest BCUT2D eigenvalue weighted by atomic mass is 16.4. The number of hydrogen-bond acceptors (Lipinski definition) is 2. The topological polar surface area (TPSA) is 57.6 Å². The molecule has 0 spiro atoms. The molecule has 4 nitrogen and oxygen atoms in total. The van der Waals surface area contributed by atoms with Gasteiger partial charge >= 0.3 is 5.97 Å². The fraction of sp³-hybridized carbons (Fsp3) is 0.889. The minimum Gasteiger partial charge on any atom is -0.481 e. The molecule has 0 radical (unpaired) electrons. The highest BCUT2D eigenvalue weighted by Crippen LogP contribution is 2.33. The van der Waals surface area contributed by atoms with Gasteiger partial charge in [0, 0.05) is 18.5 Å². The van der Waals surface area contributed by atoms with Gasteiger partial charge in [0.15, 0.2) is 0 Å². The van der Waals surface area contributed by atoms with E-state index in [9.17, 15) is 14.7 Å². The van der Waals surface area contributed by atoms with Gasteiger partial charge in [-0.2, -0.15) is 0 Å². The van der Waals surface area contributed by atoms with Crippen LogP contribution in [0.15, 0.2) is 0 Å². The fourth-order valence-electron chi connectivity index (χ4n) is 4.13. The third kappa shape index (κ3) is 4.47. The largest absolute Gasteiger partial charge is 0.481 e. The Balaban J connectivity index is 2.05. The Morgan fingerprint density at radius 2 is 1.77 bits per heavy atom. The van der Waals surface area contributed by atoms with Crippen molar-refractivity contribution in [2.24, 2.45) is 17.8 Å². The Morgan fingerprint density at radius 1 is 1.05 bits per heavy atom. The molecular formula is C18H31NO3. The van der Waals surface area contributed by atoms with Crippen LogP contribution < -0.4 is 0 Å². The van der Waals surface area contributed by atoms with Gasteiger partial charge < -0.3 is 10.0 Å². The number of rotatable bonds is 4. The van der Waals surface area contributed by atoms with Crippen molar-refractivity contribution in [1.29, 1.82) is 0 Å². The molecule has 1 aliphatic carbocycles. The van der Waals surface area contributed by atoms with E-state index in [1.807, 2.05) is 0 Å². The molecule has 1 saturated carbocycles. The summed E-state index contributed by atoms with van der Waals surface area (Å²) >= 11 is 0. The van der Waals surface area contributed by atoms with E-state index in [1.54, 1.807) is 0 Å². The average molecular weight is 309 g/mol. The molecule has 3 unspecified atom stereocenters. The zero-order chi connectivity index (χ0) is 16.1. The first kappa shape index (κ1) is 17.3. The molecule has 126 valence electrons. The van der Waals surface area contributed by atoms with Gasteiger partial charge in [-0.05, 0) is 44.4 Å². The second-order valence-electron chi connectivity index (χ2n) is 7.56. The van der Waals surface area contributed by atoms with Crippen LogP contribution in [-0.4, -0.2) is 34.5 Å². The van der Waals surface area contributed by atoms with E-state index in [4.69, 9.17) is 0 Å². The molecule has 4 heteroatoms. The summed E-state index contributed by atoms with van der Waals surface area (Å²) in [6, 6.07) is 0.361. The van der Waals surface area contributed by atoms with Crippen LogP contribution in [0.1, 0.15) is 71.6 Å². The predicted octanol–water partition coefficient (Wildman–Crippen LogP) is 3.69. The lowest BCUT2D eigenvalue weighted by molar-refractivity contribution is -0.146. The van der Waals surface area contributed by atoms with Crippen LogP contribution in [0.4, 0.5) is 0 Å². The number of aliphatic carboxylic acids is 1. The third-order valence-corrected chi connectivity index (χ3v) is 5.28. The zero-order valence-corrected chi connectivity index (χ0v) is 14.1. The quantitative estimate of drug-likeness (QED) is 0.861. The van der Waals surface area contributed by atoms with Gasteiger partial charge in [-0.25, -0.2) is 0 Å². The SMILES string of the molecule is CC(C)CC1CCCCCN1C(=O)C1CCCC(C(=O)O)C1. The molecule has 0 bridgehead atoms. The van der Waals surface area contributed by atoms with E-state index in [0.29, 0.717) is 18.4 Å². The van der Waals surface area contributed by atoms with Crippen LogP contribution in [0.3, 0.4) is 0 Å². The molecular weight excluding hydrogens is 278 g/mol. The van der Waals surface area contributed by atoms with E-state index in [1.165, 1.54) is 12.8 Å². The van der Waals surface area contributed by atoms with Crippen molar-refractivity contribution in [3.8, 4) is 0 Å². The van der Waals surface area contributed by atoms with Gasteiger partial charge in [0.1, 0.15) is 0 Å². The molecule has 1 N–H and O–H groups in total. The third-order valence-electron chi connectivity index (χ3n) is 5.28. The second kappa shape index (κ2) is 7.98. The van der Waals surface area contributed by atoms with Gasteiger partial charge in [0.2, 0.25) is 5.91 Å². The van der Waals surface area contributed by atoms with Gasteiger partial charge in [-0.15, -0.1) is 0 Å². The maximum absolute atomic E-state index is 13.0. The molecule has 2 rings (SSSR count). The molecule has 0 aromatic rings. The van der Waals surface area contributed by atoms with Crippen molar-refractivity contribution in [2.75, 3.05) is 6.54 Å². The number of carbonyl (C=O) groups is 2. The molecule has 1 heterocycles. The summed E-state index contributed by atoms with van der Waals surface area (Å²) in [7, 11) is 0. The van der Waals surface area contributed by atoms with E-state index in [0.717, 1.165) is 45.1 Å². The van der Waals surface area contributed by atoms with Crippen LogP contribution in [0.25, 0.3) is 0 Å². The number of hydrogen-bond donors (Lipinski definition) is 1. The molecule has 22 heavy (non-hydrogen) atoms. The van der Waals surface area contributed by atoms with Crippen LogP contribution in [0.2, 0.25) is 0 Å². The standard InChI is InChI=1S/C18H31NO3/c1-13(2)11-16-9-4-3-5-10-19(16)17(20)14-7-6-8-15(12-14)18(21)22/h13-16H,3-12H2,1-2H3,(H,21,22). The lowest BCUT2D eigenvalue weighted by Crippen LogP contribution is -2.45. The van der Waals surface area contributed by atoms with Crippen LogP contribution in [-0.2, 0) is 9.59 Å². The van der Waals surface area contributed by atoms with Crippen molar-refractivity contribution >= 4 is 11.9 Å². The van der Waals surface area contributed by atoms with E-state index >= 15 is 0 Å². The highest BCUT2D eigenvalue weighted by molar-refractivity contribution is 5.80. The van der Waals surface area contributed by atoms with Gasteiger partial charge in [0.05, 0.1) is 5.92 Å². The zero-order valence-electron chi connectivity index (χ0n) is 14.1. The van der Waals surface area contributed by atoms with Crippen LogP contribution in [0.5, 0.6) is 0 Å². The van der Waals surface area contributed by atoms with Crippen molar-refractivity contribution in [2.45, 2.75) is 77.7 Å². The monoisotopic (exact) mass is 309 g/mol. The maximum atomic E-state index is 13.0. The summed E-state index contributed by atoms with van der Waals surface area (Å²) in [5, 5.41) is 9.24. The Bertz CT molecular complexity index is 394. The van der Waals surface area contributed by atoms with Crippen molar-refractivity contribution < 1.29 is 14.7 Å². The van der Waals surface area contributed by atoms with E-state index in [2.05, 4.69) is 18.7 Å². The number of likely N-dealkylation sites (tertiary alicyclic amines) is 1. The molecule has 1 aliphatic heterocycles. The summed E-state index contributed by atoms with van der Waals surface area (Å²) in [6.45, 7) is 5.30. The van der Waals surface area contributed by atoms with E-state index < -0.39 is 5.97 Å². The van der Waals surface area contributed by atoms with Crippen molar-refractivity contribution in [3.63, 3.8) is 0 Å². The minimum absolute atomic E-state index is 0.0670. The molecule has 0 aromatic carbocycles. The number of carboxylic acid groups (broad SMARTS) is 1. The van der Waals surface area contributed by atoms with Gasteiger partial charge in [-0.1, -0.05) is 33.1 Å². The molecule has 2 aliphatic rings. The van der Waals surface area contributed by atoms with Crippen molar-refractivity contribution in [1.82, 2.24) is 4.90 Å². The minimum atomic E-state index is -0.730. The van der Waals surface area contributed by atoms with Crippen LogP contribution in [0, 0.1) is 17.8 Å². The molecule has 1 saturated heterocycles. The summed E-state index contributed by atoms with van der Waals surface area (Å²) in [4.78, 5) is 26.4. The summed E-state index contributed by atoms with van der Waals surface area (Å²) in [5.74, 6) is -0.289. The van der Waals surface area contributed by atoms with Crippen LogP contribution >= 0.6 is 0 Å². The average Bonchev–Trinajstić information content (AvgIpc) is 2.71. The first-order chi connectivity index (χ1) is 10.5. The summed E-state index contributed by atoms with van der Waals surface area (Å²) < 4.78 is 0. The lowest BCUT2D eigenvalue weighted by Gasteiger charge is -2.36. The Kier molecular flexibility index (Phi) is 6.27. The van der Waals surface area contributed by atoms with Crippen molar-refractivity contribution in [3.05, 3.63) is 0 Å². The number of nitrogens with zero attached hydrogens (tertiary/aromatic N) is 1. The molecule has 0 aromatic heterocycles. The normalized spacial score (nSPS) is 30.1. The molecule has 3 atom stereocenters. The smallest absolute Gasteiger partial charge is 0.306 e. The maximum Gasteiger partial charge on any atom is 0.306 e. The summed E-state index contributed by atoms with van der Waals surface area (Å²) in [6.07, 6.45) is 8.71. The first-order valence-electron chi connectivity index (χ1n) is 9.02. The van der Waals surface area contributed by atoms with Gasteiger partial charge in [-0.3, -0.25) is 9.59 Å². The number of carboxylic acids is 1. The van der Waals surface area contributed by atoms with Gasteiger partial charge in [0.25, 0.3) is 0 Å². The number of amides is 1. The summed E-state index contributed by atoms with van der Waals surface area (Å²) in [5.41, 5.74) is 0. The Hall–Kier alpha value is -1.06.